The van der Waals surface area contributed by atoms with Crippen LogP contribution < -0.4 is 11.1 Å². The molecule has 7 heteroatoms. The van der Waals surface area contributed by atoms with E-state index in [1.807, 2.05) is 43.3 Å². The number of aromatic amines is 1. The first-order valence-electron chi connectivity index (χ1n) is 11.0. The Morgan fingerprint density at radius 1 is 1.24 bits per heavy atom. The molecule has 1 atom stereocenters. The zero-order valence-corrected chi connectivity index (χ0v) is 20.3. The highest BCUT2D eigenvalue weighted by atomic mass is 35.5. The van der Waals surface area contributed by atoms with Gasteiger partial charge in [-0.2, -0.15) is 0 Å². The number of halogens is 1. The van der Waals surface area contributed by atoms with E-state index >= 15 is 0 Å². The molecule has 0 spiro atoms. The summed E-state index contributed by atoms with van der Waals surface area (Å²) in [6.07, 6.45) is 1.91. The fourth-order valence-corrected chi connectivity index (χ4v) is 4.63. The van der Waals surface area contributed by atoms with Gasteiger partial charge in [-0.05, 0) is 68.7 Å². The van der Waals surface area contributed by atoms with Crippen molar-refractivity contribution in [1.29, 1.82) is 0 Å². The van der Waals surface area contributed by atoms with Gasteiger partial charge >= 0.3 is 0 Å². The first-order valence-corrected chi connectivity index (χ1v) is 11.4. The third kappa shape index (κ3) is 4.21. The molecule has 3 aromatic carbocycles. The zero-order valence-electron chi connectivity index (χ0n) is 19.5. The van der Waals surface area contributed by atoms with Gasteiger partial charge in [-0.25, -0.2) is 0 Å². The molecule has 0 fully saturated rings. The number of H-pyrrole nitrogens is 1. The molecule has 0 aliphatic carbocycles. The van der Waals surface area contributed by atoms with Gasteiger partial charge in [-0.3, -0.25) is 4.79 Å². The average molecular weight is 478 g/mol. The molecule has 1 unspecified atom stereocenters. The molecule has 0 bridgehead atoms. The minimum Gasteiger partial charge on any atom is -0.386 e. The van der Waals surface area contributed by atoms with Gasteiger partial charge < -0.3 is 26.2 Å². The molecule has 6 N–H and O–H groups in total. The summed E-state index contributed by atoms with van der Waals surface area (Å²) in [6, 6.07) is 13.0. The molecule has 0 radical (unpaired) electrons. The van der Waals surface area contributed by atoms with E-state index in [2.05, 4.69) is 10.3 Å². The number of allylic oxidation sites excluding steroid dienone is 1. The Bertz CT molecular complexity index is 1450. The van der Waals surface area contributed by atoms with Crippen molar-refractivity contribution in [2.45, 2.75) is 39.5 Å². The summed E-state index contributed by atoms with van der Waals surface area (Å²) in [5.74, 6) is -0.216. The largest absolute Gasteiger partial charge is 0.386 e. The second-order valence-corrected chi connectivity index (χ2v) is 9.34. The second kappa shape index (κ2) is 8.89. The number of nitrogens with one attached hydrogen (secondary N) is 2. The van der Waals surface area contributed by atoms with Crippen LogP contribution in [0.15, 0.2) is 54.6 Å². The van der Waals surface area contributed by atoms with Crippen molar-refractivity contribution in [3.8, 4) is 11.1 Å². The number of amides is 1. The lowest BCUT2D eigenvalue weighted by Gasteiger charge is -2.18. The number of aliphatic hydroxyl groups is 2. The molecule has 4 rings (SSSR count). The second-order valence-electron chi connectivity index (χ2n) is 8.93. The number of aliphatic hydroxyl groups excluding tert-OH is 1. The first-order chi connectivity index (χ1) is 16.0. The van der Waals surface area contributed by atoms with E-state index in [0.717, 1.165) is 38.5 Å². The fourth-order valence-electron chi connectivity index (χ4n) is 4.32. The molecular formula is C27H28ClN3O3. The van der Waals surface area contributed by atoms with Gasteiger partial charge in [-0.15, -0.1) is 0 Å². The molecule has 0 aliphatic rings. The summed E-state index contributed by atoms with van der Waals surface area (Å²) in [7, 11) is 0. The van der Waals surface area contributed by atoms with Crippen LogP contribution in [0.25, 0.3) is 32.9 Å². The molecule has 176 valence electrons. The van der Waals surface area contributed by atoms with Crippen molar-refractivity contribution >= 4 is 45.0 Å². The number of fused-ring (bicyclic) bond motifs is 3. The third-order valence-corrected chi connectivity index (χ3v) is 6.36. The normalized spacial score (nSPS) is 13.2. The predicted octanol–water partition coefficient (Wildman–Crippen LogP) is 5.64. The SMILES string of the molecule is C/C=C/C(=O)Nc1cccc(-c2c(Cl)cc(C(N)O)c3[nH]c4cc(C(C)(C)O)ccc4c23)c1C. The number of nitrogens with two attached hydrogens (primary N) is 1. The van der Waals surface area contributed by atoms with Crippen LogP contribution in [-0.4, -0.2) is 21.1 Å². The molecule has 1 amide bonds. The summed E-state index contributed by atoms with van der Waals surface area (Å²) in [6.45, 7) is 7.17. The predicted molar refractivity (Wildman–Crippen MR) is 139 cm³/mol. The quantitative estimate of drug-likeness (QED) is 0.189. The first kappa shape index (κ1) is 24.0. The number of hydrogen-bond acceptors (Lipinski definition) is 4. The highest BCUT2D eigenvalue weighted by Crippen LogP contribution is 2.44. The Labute approximate surface area is 203 Å². The van der Waals surface area contributed by atoms with Gasteiger partial charge in [-0.1, -0.05) is 41.9 Å². The van der Waals surface area contributed by atoms with Crippen molar-refractivity contribution in [3.63, 3.8) is 0 Å². The summed E-state index contributed by atoms with van der Waals surface area (Å²) < 4.78 is 0. The highest BCUT2D eigenvalue weighted by molar-refractivity contribution is 6.36. The van der Waals surface area contributed by atoms with E-state index < -0.39 is 11.8 Å². The van der Waals surface area contributed by atoms with E-state index in [-0.39, 0.29) is 5.91 Å². The van der Waals surface area contributed by atoms with Crippen molar-refractivity contribution < 1.29 is 15.0 Å². The number of hydrogen-bond donors (Lipinski definition) is 5. The van der Waals surface area contributed by atoms with Crippen molar-refractivity contribution in [3.05, 3.63) is 76.3 Å². The highest BCUT2D eigenvalue weighted by Gasteiger charge is 2.23. The summed E-state index contributed by atoms with van der Waals surface area (Å²) in [5.41, 5.74) is 10.7. The van der Waals surface area contributed by atoms with Gasteiger partial charge in [0.05, 0.1) is 11.1 Å². The van der Waals surface area contributed by atoms with E-state index in [1.54, 1.807) is 32.9 Å². The van der Waals surface area contributed by atoms with Crippen LogP contribution in [-0.2, 0) is 10.4 Å². The summed E-state index contributed by atoms with van der Waals surface area (Å²) in [5, 5.41) is 25.8. The maximum atomic E-state index is 12.2. The Kier molecular flexibility index (Phi) is 6.27. The lowest BCUT2D eigenvalue weighted by atomic mass is 9.92. The molecule has 0 saturated carbocycles. The Morgan fingerprint density at radius 3 is 2.62 bits per heavy atom. The monoisotopic (exact) mass is 477 g/mol. The van der Waals surface area contributed by atoms with Crippen molar-refractivity contribution in [2.75, 3.05) is 5.32 Å². The number of benzene rings is 3. The molecule has 4 aromatic rings. The Balaban J connectivity index is 2.05. The van der Waals surface area contributed by atoms with Crippen LogP contribution in [0.3, 0.4) is 0 Å². The van der Waals surface area contributed by atoms with E-state index in [0.29, 0.717) is 21.8 Å². The van der Waals surface area contributed by atoms with Crippen molar-refractivity contribution in [2.24, 2.45) is 5.73 Å². The minimum atomic E-state index is -1.23. The summed E-state index contributed by atoms with van der Waals surface area (Å²) >= 11 is 6.81. The van der Waals surface area contributed by atoms with E-state index in [1.165, 1.54) is 6.08 Å². The lowest BCUT2D eigenvalue weighted by molar-refractivity contribution is -0.111. The van der Waals surface area contributed by atoms with Crippen molar-refractivity contribution in [1.82, 2.24) is 4.98 Å². The number of aromatic nitrogens is 1. The zero-order chi connectivity index (χ0) is 24.8. The van der Waals surface area contributed by atoms with Gasteiger partial charge in [0.2, 0.25) is 5.91 Å². The number of carbonyl (C=O) groups excluding carboxylic acids is 1. The average Bonchev–Trinajstić information content (AvgIpc) is 3.13. The molecule has 1 heterocycles. The van der Waals surface area contributed by atoms with Gasteiger partial charge in [0.1, 0.15) is 6.23 Å². The van der Waals surface area contributed by atoms with Gasteiger partial charge in [0.25, 0.3) is 0 Å². The maximum absolute atomic E-state index is 12.2. The van der Waals surface area contributed by atoms with Crippen LogP contribution >= 0.6 is 11.6 Å². The third-order valence-electron chi connectivity index (χ3n) is 6.06. The van der Waals surface area contributed by atoms with Crippen LogP contribution in [0, 0.1) is 6.92 Å². The Hall–Kier alpha value is -3.16. The van der Waals surface area contributed by atoms with E-state index in [4.69, 9.17) is 17.3 Å². The topological polar surface area (TPSA) is 111 Å². The van der Waals surface area contributed by atoms with Crippen LogP contribution in [0.4, 0.5) is 5.69 Å². The van der Waals surface area contributed by atoms with Crippen LogP contribution in [0.5, 0.6) is 0 Å². The molecule has 0 aliphatic heterocycles. The molecule has 6 nitrogen and oxygen atoms in total. The molecular weight excluding hydrogens is 450 g/mol. The molecule has 34 heavy (non-hydrogen) atoms. The number of carbonyl (C=O) groups is 1. The minimum absolute atomic E-state index is 0.216. The lowest BCUT2D eigenvalue weighted by Crippen LogP contribution is -2.14. The van der Waals surface area contributed by atoms with Gasteiger partial charge in [0.15, 0.2) is 0 Å². The Morgan fingerprint density at radius 2 is 1.97 bits per heavy atom. The number of anilines is 1. The molecule has 1 aromatic heterocycles. The van der Waals surface area contributed by atoms with E-state index in [9.17, 15) is 15.0 Å². The van der Waals surface area contributed by atoms with Crippen LogP contribution in [0.2, 0.25) is 5.02 Å². The summed E-state index contributed by atoms with van der Waals surface area (Å²) in [4.78, 5) is 15.5. The maximum Gasteiger partial charge on any atom is 0.248 e. The van der Waals surface area contributed by atoms with Crippen LogP contribution in [0.1, 0.15) is 43.7 Å². The fraction of sp³-hybridized carbons (Fsp3) is 0.222. The number of rotatable bonds is 5. The smallest absolute Gasteiger partial charge is 0.248 e. The van der Waals surface area contributed by atoms with Gasteiger partial charge in [0, 0.05) is 38.1 Å². The molecule has 0 saturated heterocycles. The standard InChI is InChI=1S/C27H28ClN3O3/c1-5-7-22(32)30-20-9-6-8-16(14(20)2)23-19(28)13-18(26(29)33)25-24(23)17-11-10-15(27(3,4)34)12-21(17)31-25/h5-13,26,31,33-34H,29H2,1-4H3,(H,30,32)/b7-5+.